The van der Waals surface area contributed by atoms with Gasteiger partial charge in [0.25, 0.3) is 11.8 Å². The van der Waals surface area contributed by atoms with Gasteiger partial charge in [0.15, 0.2) is 0 Å². The van der Waals surface area contributed by atoms with Crippen LogP contribution in [0.1, 0.15) is 25.8 Å². The van der Waals surface area contributed by atoms with Crippen LogP contribution in [0.2, 0.25) is 0 Å². The Balaban J connectivity index is 1.60. The van der Waals surface area contributed by atoms with Crippen LogP contribution in [0.25, 0.3) is 0 Å². The predicted molar refractivity (Wildman–Crippen MR) is 104 cm³/mol. The Morgan fingerprint density at radius 1 is 1.15 bits per heavy atom. The zero-order chi connectivity index (χ0) is 19.3. The van der Waals surface area contributed by atoms with Crippen LogP contribution in [-0.2, 0) is 9.59 Å². The third-order valence-electron chi connectivity index (χ3n) is 5.64. The van der Waals surface area contributed by atoms with Gasteiger partial charge in [-0.25, -0.2) is 0 Å². The van der Waals surface area contributed by atoms with Crippen LogP contribution in [0.5, 0.6) is 5.75 Å². The van der Waals surface area contributed by atoms with E-state index >= 15 is 0 Å². The summed E-state index contributed by atoms with van der Waals surface area (Å²) in [5.41, 5.74) is 1.75. The second-order valence-corrected chi connectivity index (χ2v) is 8.02. The smallest absolute Gasteiger partial charge is 0.254 e. The lowest BCUT2D eigenvalue weighted by molar-refractivity contribution is -0.140. The van der Waals surface area contributed by atoms with Gasteiger partial charge in [-0.3, -0.25) is 9.59 Å². The molecule has 0 N–H and O–H groups in total. The van der Waals surface area contributed by atoms with Gasteiger partial charge in [0, 0.05) is 31.4 Å². The molecule has 27 heavy (non-hydrogen) atoms. The first-order chi connectivity index (χ1) is 12.9. The maximum atomic E-state index is 12.7. The molecule has 6 heteroatoms. The third-order valence-corrected chi connectivity index (χ3v) is 5.64. The lowest BCUT2D eigenvalue weighted by atomic mass is 9.85. The van der Waals surface area contributed by atoms with Gasteiger partial charge < -0.3 is 9.64 Å². The number of hydrazone groups is 1. The summed E-state index contributed by atoms with van der Waals surface area (Å²) in [5, 5.41) is 5.33. The molecule has 4 rings (SSSR count). The summed E-state index contributed by atoms with van der Waals surface area (Å²) in [5.74, 6) is 0.260. The van der Waals surface area contributed by atoms with Gasteiger partial charge in [0.1, 0.15) is 5.75 Å². The summed E-state index contributed by atoms with van der Waals surface area (Å²) in [4.78, 5) is 27.5. The van der Waals surface area contributed by atoms with Gasteiger partial charge >= 0.3 is 0 Å². The fourth-order valence-corrected chi connectivity index (χ4v) is 4.38. The Kier molecular flexibility index (Phi) is 4.29. The minimum absolute atomic E-state index is 0.00525. The number of anilines is 1. The van der Waals surface area contributed by atoms with Crippen molar-refractivity contribution in [3.05, 3.63) is 35.9 Å². The highest BCUT2D eigenvalue weighted by atomic mass is 16.5. The van der Waals surface area contributed by atoms with E-state index in [0.29, 0.717) is 5.75 Å². The first kappa shape index (κ1) is 17.8. The van der Waals surface area contributed by atoms with Crippen molar-refractivity contribution in [2.24, 2.45) is 28.8 Å². The molecule has 1 aromatic carbocycles. The van der Waals surface area contributed by atoms with Crippen LogP contribution < -0.4 is 9.64 Å². The summed E-state index contributed by atoms with van der Waals surface area (Å²) in [6, 6.07) is 5.79. The molecular weight excluding hydrogens is 342 g/mol. The number of rotatable bonds is 5. The van der Waals surface area contributed by atoms with E-state index in [1.165, 1.54) is 0 Å². The third kappa shape index (κ3) is 2.93. The van der Waals surface area contributed by atoms with Crippen LogP contribution in [0.15, 0.2) is 35.5 Å². The zero-order valence-electron chi connectivity index (χ0n) is 16.1. The van der Waals surface area contributed by atoms with Crippen molar-refractivity contribution in [2.75, 3.05) is 19.0 Å². The molecule has 1 saturated heterocycles. The molecular formula is C21H25N3O3. The molecule has 0 radical (unpaired) electrons. The van der Waals surface area contributed by atoms with Crippen LogP contribution in [0.4, 0.5) is 5.69 Å². The molecule has 6 nitrogen and oxygen atoms in total. The van der Waals surface area contributed by atoms with Crippen molar-refractivity contribution >= 4 is 23.7 Å². The van der Waals surface area contributed by atoms with Crippen LogP contribution in [0.3, 0.4) is 0 Å². The summed E-state index contributed by atoms with van der Waals surface area (Å²) >= 11 is 0. The minimum atomic E-state index is -0.229. The quantitative estimate of drug-likeness (QED) is 0.456. The number of amides is 2. The van der Waals surface area contributed by atoms with Gasteiger partial charge in [-0.05, 0) is 44.2 Å². The Bertz CT molecular complexity index is 813. The second-order valence-electron chi connectivity index (χ2n) is 8.02. The molecule has 2 bridgehead atoms. The molecule has 3 aliphatic rings. The average Bonchev–Trinajstić information content (AvgIpc) is 3.28. The Labute approximate surface area is 159 Å². The van der Waals surface area contributed by atoms with Crippen molar-refractivity contribution in [1.29, 1.82) is 0 Å². The van der Waals surface area contributed by atoms with E-state index in [9.17, 15) is 9.59 Å². The predicted octanol–water partition coefficient (Wildman–Crippen LogP) is 2.68. The highest BCUT2D eigenvalue weighted by Gasteiger charge is 2.59. The molecule has 0 spiro atoms. The van der Waals surface area contributed by atoms with E-state index < -0.39 is 0 Å². The molecule has 2 amide bonds. The SMILES string of the molecule is CC(C)Oc1cc(N(C)C)ccc1C=NN1C(=O)[C@@H]2[C@H](C1=O)[C@H]1C=C[C@H]2C1. The van der Waals surface area contributed by atoms with Gasteiger partial charge in [0.05, 0.1) is 24.2 Å². The zero-order valence-corrected chi connectivity index (χ0v) is 16.1. The molecule has 1 saturated carbocycles. The fraction of sp³-hybridized carbons (Fsp3) is 0.476. The lowest BCUT2D eigenvalue weighted by Crippen LogP contribution is -2.28. The summed E-state index contributed by atoms with van der Waals surface area (Å²) in [6.07, 6.45) is 6.65. The first-order valence-electron chi connectivity index (χ1n) is 9.45. The van der Waals surface area contributed by atoms with Gasteiger partial charge in [-0.1, -0.05) is 12.2 Å². The topological polar surface area (TPSA) is 62.2 Å². The number of nitrogens with zero attached hydrogens (tertiary/aromatic N) is 3. The fourth-order valence-electron chi connectivity index (χ4n) is 4.38. The largest absolute Gasteiger partial charge is 0.490 e. The number of imide groups is 1. The van der Waals surface area contributed by atoms with Crippen LogP contribution in [0, 0.1) is 23.7 Å². The molecule has 1 aliphatic heterocycles. The summed E-state index contributed by atoms with van der Waals surface area (Å²) in [7, 11) is 3.93. The number of carbonyl (C=O) groups excluding carboxylic acids is 2. The highest BCUT2D eigenvalue weighted by Crippen LogP contribution is 2.52. The van der Waals surface area contributed by atoms with Crippen molar-refractivity contribution < 1.29 is 14.3 Å². The Hall–Kier alpha value is -2.63. The van der Waals surface area contributed by atoms with E-state index in [4.69, 9.17) is 4.74 Å². The van der Waals surface area contributed by atoms with Crippen LogP contribution in [-0.4, -0.2) is 43.2 Å². The molecule has 0 unspecified atom stereocenters. The molecule has 2 aliphatic carbocycles. The molecule has 0 aromatic heterocycles. The Morgan fingerprint density at radius 3 is 2.33 bits per heavy atom. The molecule has 142 valence electrons. The first-order valence-corrected chi connectivity index (χ1v) is 9.45. The van der Waals surface area contributed by atoms with E-state index in [0.717, 1.165) is 22.7 Å². The molecule has 1 aromatic rings. The Morgan fingerprint density at radius 2 is 1.78 bits per heavy atom. The van der Waals surface area contributed by atoms with E-state index in [1.807, 2.05) is 51.0 Å². The van der Waals surface area contributed by atoms with Gasteiger partial charge in [-0.2, -0.15) is 10.1 Å². The molecule has 1 heterocycles. The molecule has 4 atom stereocenters. The lowest BCUT2D eigenvalue weighted by Gasteiger charge is -2.18. The number of fused-ring (bicyclic) bond motifs is 5. The maximum Gasteiger partial charge on any atom is 0.254 e. The van der Waals surface area contributed by atoms with E-state index in [-0.39, 0.29) is 41.6 Å². The van der Waals surface area contributed by atoms with Crippen molar-refractivity contribution in [3.8, 4) is 5.75 Å². The van der Waals surface area contributed by atoms with Crippen molar-refractivity contribution in [2.45, 2.75) is 26.4 Å². The standard InChI is InChI=1S/C21H25N3O3/c1-12(2)27-17-10-16(23(3)4)8-7-15(17)11-22-24-20(25)18-13-5-6-14(9-13)19(18)21(24)26/h5-8,10-14,18-19H,9H2,1-4H3/t13-,14-,18-,19+/m0/s1. The number of carbonyl (C=O) groups is 2. The maximum absolute atomic E-state index is 12.7. The monoisotopic (exact) mass is 367 g/mol. The van der Waals surface area contributed by atoms with Gasteiger partial charge in [0.2, 0.25) is 0 Å². The number of ether oxygens (including phenoxy) is 1. The summed E-state index contributed by atoms with van der Waals surface area (Å²) < 4.78 is 5.91. The van der Waals surface area contributed by atoms with Crippen molar-refractivity contribution in [3.63, 3.8) is 0 Å². The van der Waals surface area contributed by atoms with Gasteiger partial charge in [-0.15, -0.1) is 0 Å². The normalized spacial score (nSPS) is 28.7. The van der Waals surface area contributed by atoms with E-state index in [2.05, 4.69) is 17.3 Å². The average molecular weight is 367 g/mol. The highest BCUT2D eigenvalue weighted by molar-refractivity contribution is 6.06. The van der Waals surface area contributed by atoms with Crippen molar-refractivity contribution in [1.82, 2.24) is 5.01 Å². The number of hydrogen-bond acceptors (Lipinski definition) is 5. The molecule has 2 fully saturated rings. The van der Waals surface area contributed by atoms with E-state index in [1.54, 1.807) is 6.21 Å². The summed E-state index contributed by atoms with van der Waals surface area (Å²) in [6.45, 7) is 3.92. The second kappa shape index (κ2) is 6.51. The number of hydrogen-bond donors (Lipinski definition) is 0. The minimum Gasteiger partial charge on any atom is -0.490 e. The van der Waals surface area contributed by atoms with Crippen LogP contribution >= 0.6 is 0 Å². The number of benzene rings is 1. The number of allylic oxidation sites excluding steroid dienone is 2.